The van der Waals surface area contributed by atoms with E-state index in [2.05, 4.69) is 25.4 Å². The van der Waals surface area contributed by atoms with Crippen LogP contribution in [0.4, 0.5) is 30.8 Å². The maximum absolute atomic E-state index is 13.1. The number of alkyl halides is 3. The third-order valence-corrected chi connectivity index (χ3v) is 2.84. The van der Waals surface area contributed by atoms with Gasteiger partial charge >= 0.3 is 6.18 Å². The van der Waals surface area contributed by atoms with E-state index >= 15 is 0 Å². The van der Waals surface area contributed by atoms with Gasteiger partial charge < -0.3 is 11.1 Å². The van der Waals surface area contributed by atoms with Crippen molar-refractivity contribution in [2.75, 3.05) is 11.1 Å². The molecule has 0 fully saturated rings. The second kappa shape index (κ2) is 5.55. The van der Waals surface area contributed by atoms with Crippen LogP contribution in [0.1, 0.15) is 5.56 Å². The van der Waals surface area contributed by atoms with E-state index in [0.717, 1.165) is 10.7 Å². The molecule has 23 heavy (non-hydrogen) atoms. The first-order valence-corrected chi connectivity index (χ1v) is 6.37. The van der Waals surface area contributed by atoms with Crippen LogP contribution in [-0.2, 0) is 6.18 Å². The van der Waals surface area contributed by atoms with Crippen LogP contribution in [0.25, 0.3) is 5.82 Å². The molecule has 0 spiro atoms. The van der Waals surface area contributed by atoms with Crippen molar-refractivity contribution in [2.45, 2.75) is 6.18 Å². The summed E-state index contributed by atoms with van der Waals surface area (Å²) in [6.45, 7) is 0. The molecule has 10 heteroatoms. The molecule has 7 nitrogen and oxygen atoms in total. The summed E-state index contributed by atoms with van der Waals surface area (Å²) in [5.74, 6) is -0.626. The van der Waals surface area contributed by atoms with E-state index in [1.54, 1.807) is 18.3 Å². The molecule has 0 aliphatic rings. The van der Waals surface area contributed by atoms with E-state index in [1.165, 1.54) is 18.5 Å². The van der Waals surface area contributed by atoms with Crippen LogP contribution in [0.5, 0.6) is 0 Å². The van der Waals surface area contributed by atoms with Crippen molar-refractivity contribution in [3.8, 4) is 5.82 Å². The fraction of sp³-hybridized carbons (Fsp3) is 0.0769. The number of halogens is 3. The monoisotopic (exact) mass is 321 g/mol. The average molecular weight is 321 g/mol. The first-order valence-electron chi connectivity index (χ1n) is 6.37. The minimum Gasteiger partial charge on any atom is -0.368 e. The molecule has 0 aromatic carbocycles. The second-order valence-electron chi connectivity index (χ2n) is 4.44. The molecular formula is C13H10F3N7. The third-order valence-electron chi connectivity index (χ3n) is 2.84. The summed E-state index contributed by atoms with van der Waals surface area (Å²) in [4.78, 5) is 11.5. The van der Waals surface area contributed by atoms with E-state index in [1.807, 2.05) is 0 Å². The van der Waals surface area contributed by atoms with Crippen LogP contribution < -0.4 is 11.1 Å². The smallest absolute Gasteiger partial charge is 0.368 e. The van der Waals surface area contributed by atoms with E-state index in [4.69, 9.17) is 5.73 Å². The number of nitrogens with zero attached hydrogens (tertiary/aromatic N) is 5. The highest BCUT2D eigenvalue weighted by Crippen LogP contribution is 2.33. The predicted molar refractivity (Wildman–Crippen MR) is 76.1 cm³/mol. The molecule has 0 atom stereocenters. The summed E-state index contributed by atoms with van der Waals surface area (Å²) in [6.07, 6.45) is -0.271. The molecule has 0 aliphatic heterocycles. The van der Waals surface area contributed by atoms with Crippen molar-refractivity contribution < 1.29 is 13.2 Å². The zero-order valence-corrected chi connectivity index (χ0v) is 11.5. The number of hydrogen-bond acceptors (Lipinski definition) is 6. The fourth-order valence-electron chi connectivity index (χ4n) is 1.89. The molecule has 118 valence electrons. The van der Waals surface area contributed by atoms with Crippen LogP contribution in [0, 0.1) is 0 Å². The second-order valence-corrected chi connectivity index (χ2v) is 4.44. The highest BCUT2D eigenvalue weighted by Gasteiger charge is 2.35. The standard InChI is InChI=1S/C13H10F3N7/c14-13(15,16)9-4-2-6-19-10(9)23-11(17)21-12(22-23)20-8-3-1-5-18-7-8/h1-7H,(H3,17,20,21,22). The normalized spacial score (nSPS) is 11.4. The van der Waals surface area contributed by atoms with Gasteiger partial charge in [-0.2, -0.15) is 22.8 Å². The minimum atomic E-state index is -4.58. The maximum Gasteiger partial charge on any atom is 0.420 e. The summed E-state index contributed by atoms with van der Waals surface area (Å²) in [6, 6.07) is 5.47. The minimum absolute atomic E-state index is 0.0364. The number of nitrogens with two attached hydrogens (primary N) is 1. The van der Waals surface area contributed by atoms with Gasteiger partial charge in [0.2, 0.25) is 11.9 Å². The van der Waals surface area contributed by atoms with Crippen molar-refractivity contribution in [3.05, 3.63) is 48.4 Å². The van der Waals surface area contributed by atoms with Crippen molar-refractivity contribution in [2.24, 2.45) is 0 Å². The zero-order valence-electron chi connectivity index (χ0n) is 11.5. The Kier molecular flexibility index (Phi) is 3.56. The largest absolute Gasteiger partial charge is 0.420 e. The topological polar surface area (TPSA) is 94.5 Å². The van der Waals surface area contributed by atoms with Crippen molar-refractivity contribution in [1.82, 2.24) is 24.7 Å². The number of anilines is 3. The Hall–Kier alpha value is -3.17. The van der Waals surface area contributed by atoms with Gasteiger partial charge in [-0.05, 0) is 24.3 Å². The quantitative estimate of drug-likeness (QED) is 0.769. The van der Waals surface area contributed by atoms with Crippen LogP contribution in [0.2, 0.25) is 0 Å². The molecule has 3 aromatic heterocycles. The van der Waals surface area contributed by atoms with Gasteiger partial charge in [-0.25, -0.2) is 4.98 Å². The van der Waals surface area contributed by atoms with Crippen LogP contribution in [0.15, 0.2) is 42.9 Å². The molecule has 0 unspecified atom stereocenters. The lowest BCUT2D eigenvalue weighted by molar-refractivity contribution is -0.137. The fourth-order valence-corrected chi connectivity index (χ4v) is 1.89. The van der Waals surface area contributed by atoms with Gasteiger partial charge in [-0.1, -0.05) is 0 Å². The Labute approximate surface area is 128 Å². The Morgan fingerprint density at radius 1 is 1.13 bits per heavy atom. The van der Waals surface area contributed by atoms with E-state index in [0.29, 0.717) is 5.69 Å². The number of hydrogen-bond donors (Lipinski definition) is 2. The summed E-state index contributed by atoms with van der Waals surface area (Å²) >= 11 is 0. The Morgan fingerprint density at radius 2 is 1.91 bits per heavy atom. The number of rotatable bonds is 3. The van der Waals surface area contributed by atoms with E-state index in [-0.39, 0.29) is 11.9 Å². The summed E-state index contributed by atoms with van der Waals surface area (Å²) in [5, 5.41) is 6.73. The highest BCUT2D eigenvalue weighted by molar-refractivity contribution is 5.53. The number of aromatic nitrogens is 5. The molecule has 0 amide bonds. The lowest BCUT2D eigenvalue weighted by Gasteiger charge is -2.11. The van der Waals surface area contributed by atoms with Gasteiger partial charge in [-0.15, -0.1) is 5.10 Å². The summed E-state index contributed by atoms with van der Waals surface area (Å²) < 4.78 is 40.0. The van der Waals surface area contributed by atoms with E-state index < -0.39 is 17.6 Å². The van der Waals surface area contributed by atoms with Crippen LogP contribution in [0.3, 0.4) is 0 Å². The number of nitrogens with one attached hydrogen (secondary N) is 1. The molecule has 3 N–H and O–H groups in total. The molecule has 0 aliphatic carbocycles. The molecule has 0 saturated carbocycles. The van der Waals surface area contributed by atoms with Crippen molar-refractivity contribution in [3.63, 3.8) is 0 Å². The Balaban J connectivity index is 1.99. The van der Waals surface area contributed by atoms with Gasteiger partial charge in [0.05, 0.1) is 11.9 Å². The van der Waals surface area contributed by atoms with E-state index in [9.17, 15) is 13.2 Å². The van der Waals surface area contributed by atoms with Gasteiger partial charge in [0.15, 0.2) is 5.82 Å². The third kappa shape index (κ3) is 3.05. The lowest BCUT2D eigenvalue weighted by atomic mass is 10.2. The molecular weight excluding hydrogens is 311 g/mol. The molecule has 0 saturated heterocycles. The molecule has 0 bridgehead atoms. The van der Waals surface area contributed by atoms with Gasteiger partial charge in [0, 0.05) is 12.4 Å². The van der Waals surface area contributed by atoms with Crippen LogP contribution in [-0.4, -0.2) is 24.7 Å². The number of pyridine rings is 2. The zero-order chi connectivity index (χ0) is 16.4. The predicted octanol–water partition coefficient (Wildman–Crippen LogP) is 2.40. The van der Waals surface area contributed by atoms with Crippen molar-refractivity contribution in [1.29, 1.82) is 0 Å². The first kappa shape index (κ1) is 14.8. The first-order chi connectivity index (χ1) is 10.9. The molecule has 3 heterocycles. The van der Waals surface area contributed by atoms with Gasteiger partial charge in [0.1, 0.15) is 5.56 Å². The molecule has 0 radical (unpaired) electrons. The summed E-state index contributed by atoms with van der Waals surface area (Å²) in [5.41, 5.74) is 5.28. The van der Waals surface area contributed by atoms with Gasteiger partial charge in [-0.3, -0.25) is 4.98 Å². The summed E-state index contributed by atoms with van der Waals surface area (Å²) in [7, 11) is 0. The highest BCUT2D eigenvalue weighted by atomic mass is 19.4. The maximum atomic E-state index is 13.1. The lowest BCUT2D eigenvalue weighted by Crippen LogP contribution is -2.14. The van der Waals surface area contributed by atoms with Crippen molar-refractivity contribution >= 4 is 17.6 Å². The SMILES string of the molecule is Nc1nc(Nc2cccnc2)nn1-c1ncccc1C(F)(F)F. The Bertz CT molecular complexity index is 814. The Morgan fingerprint density at radius 3 is 2.61 bits per heavy atom. The number of nitrogen functional groups attached to an aromatic ring is 1. The molecule has 3 aromatic rings. The van der Waals surface area contributed by atoms with Crippen LogP contribution >= 0.6 is 0 Å². The van der Waals surface area contributed by atoms with Gasteiger partial charge in [0.25, 0.3) is 0 Å². The molecule has 3 rings (SSSR count). The average Bonchev–Trinajstić information content (AvgIpc) is 2.88.